The molecule has 0 aliphatic carbocycles. The first-order valence-electron chi connectivity index (χ1n) is 4.14. The van der Waals surface area contributed by atoms with E-state index >= 15 is 0 Å². The van der Waals surface area contributed by atoms with Crippen LogP contribution in [-0.2, 0) is 4.79 Å². The lowest BCUT2D eigenvalue weighted by Gasteiger charge is -2.05. The lowest BCUT2D eigenvalue weighted by Crippen LogP contribution is -2.26. The molecular formula is C8H21N3O. The summed E-state index contributed by atoms with van der Waals surface area (Å²) < 4.78 is 0. The average Bonchev–Trinajstić information content (AvgIpc) is 2.12. The van der Waals surface area contributed by atoms with Gasteiger partial charge in [0.2, 0.25) is 0 Å². The number of hydrazine groups is 1. The molecule has 0 bridgehead atoms. The van der Waals surface area contributed by atoms with E-state index in [0.717, 1.165) is 0 Å². The molecule has 0 heterocycles. The van der Waals surface area contributed by atoms with E-state index in [1.54, 1.807) is 0 Å². The summed E-state index contributed by atoms with van der Waals surface area (Å²) in [6.07, 6.45) is 3.37. The number of hydrogen-bond acceptors (Lipinski definition) is 4. The molecule has 0 aromatic rings. The van der Waals surface area contributed by atoms with Crippen LogP contribution in [0.25, 0.3) is 0 Å². The molecule has 0 aromatic heterocycles. The van der Waals surface area contributed by atoms with Crippen LogP contribution in [0.3, 0.4) is 0 Å². The number of aldehydes is 1. The Kier molecular flexibility index (Phi) is 32.2. The Morgan fingerprint density at radius 3 is 1.92 bits per heavy atom. The summed E-state index contributed by atoms with van der Waals surface area (Å²) in [6, 6.07) is 0. The van der Waals surface area contributed by atoms with Crippen molar-refractivity contribution in [3.05, 3.63) is 12.4 Å². The molecule has 0 spiro atoms. The third-order valence-corrected chi connectivity index (χ3v) is 0.563. The largest absolute Gasteiger partial charge is 0.403 e. The maximum Gasteiger partial charge on any atom is 0.140 e. The Hall–Kier alpha value is -1.03. The van der Waals surface area contributed by atoms with Crippen LogP contribution in [0.4, 0.5) is 0 Å². The van der Waals surface area contributed by atoms with Gasteiger partial charge in [-0.3, -0.25) is 0 Å². The fraction of sp³-hybridized carbons (Fsp3) is 0.625. The van der Waals surface area contributed by atoms with E-state index in [-0.39, 0.29) is 6.54 Å². The zero-order valence-electron chi connectivity index (χ0n) is 8.45. The number of nitrogens with two attached hydrogens (primary N) is 2. The summed E-state index contributed by atoms with van der Waals surface area (Å²) in [5.74, 6) is 5.13. The molecule has 0 aliphatic heterocycles. The van der Waals surface area contributed by atoms with Crippen molar-refractivity contribution < 1.29 is 4.79 Å². The van der Waals surface area contributed by atoms with Crippen LogP contribution in [0.1, 0.15) is 27.7 Å². The second-order valence-electron chi connectivity index (χ2n) is 1.20. The van der Waals surface area contributed by atoms with E-state index in [2.05, 4.69) is 0 Å². The normalized spacial score (nSPS) is 7.42. The van der Waals surface area contributed by atoms with Crippen molar-refractivity contribution in [1.29, 1.82) is 0 Å². The van der Waals surface area contributed by atoms with Gasteiger partial charge >= 0.3 is 0 Å². The van der Waals surface area contributed by atoms with Crippen molar-refractivity contribution in [3.8, 4) is 0 Å². The Labute approximate surface area is 75.2 Å². The summed E-state index contributed by atoms with van der Waals surface area (Å²) in [5.41, 5.74) is 4.94. The monoisotopic (exact) mass is 175 g/mol. The molecule has 4 N–H and O–H groups in total. The second kappa shape index (κ2) is 22.5. The quantitative estimate of drug-likeness (QED) is 0.379. The van der Waals surface area contributed by atoms with Crippen molar-refractivity contribution in [2.75, 3.05) is 6.54 Å². The van der Waals surface area contributed by atoms with Gasteiger partial charge in [-0.25, -0.2) is 5.84 Å². The van der Waals surface area contributed by atoms with Crippen molar-refractivity contribution >= 4 is 6.29 Å². The van der Waals surface area contributed by atoms with Crippen LogP contribution in [0.2, 0.25) is 0 Å². The molecule has 0 saturated carbocycles. The third-order valence-electron chi connectivity index (χ3n) is 0.563. The van der Waals surface area contributed by atoms with Gasteiger partial charge in [-0.1, -0.05) is 27.7 Å². The van der Waals surface area contributed by atoms with Crippen molar-refractivity contribution in [2.45, 2.75) is 27.7 Å². The van der Waals surface area contributed by atoms with Gasteiger partial charge in [0.1, 0.15) is 6.29 Å². The topological polar surface area (TPSA) is 72.3 Å². The maximum atomic E-state index is 9.69. The SMILES string of the molecule is CC.CC.N/C=C\N(N)CC=O. The summed E-state index contributed by atoms with van der Waals surface area (Å²) in [6.45, 7) is 8.17. The summed E-state index contributed by atoms with van der Waals surface area (Å²) in [7, 11) is 0. The van der Waals surface area contributed by atoms with Crippen molar-refractivity contribution in [2.24, 2.45) is 11.6 Å². The van der Waals surface area contributed by atoms with Gasteiger partial charge in [0.25, 0.3) is 0 Å². The summed E-state index contributed by atoms with van der Waals surface area (Å²) in [4.78, 5) is 9.69. The molecule has 0 rings (SSSR count). The molecule has 4 heteroatoms. The Morgan fingerprint density at radius 2 is 1.67 bits per heavy atom. The fourth-order valence-corrected chi connectivity index (χ4v) is 0.257. The number of carbonyl (C=O) groups excluding carboxylic acids is 1. The molecule has 12 heavy (non-hydrogen) atoms. The molecule has 0 unspecified atom stereocenters. The van der Waals surface area contributed by atoms with E-state index in [9.17, 15) is 4.79 Å². The Bertz CT molecular complexity index is 94.3. The van der Waals surface area contributed by atoms with Gasteiger partial charge in [-0.15, -0.1) is 0 Å². The van der Waals surface area contributed by atoms with E-state index in [1.165, 1.54) is 17.4 Å². The molecule has 0 saturated heterocycles. The van der Waals surface area contributed by atoms with Gasteiger partial charge in [-0.05, 0) is 0 Å². The zero-order chi connectivity index (χ0) is 10.4. The first-order valence-corrected chi connectivity index (χ1v) is 4.14. The molecule has 0 radical (unpaired) electrons. The number of rotatable bonds is 3. The highest BCUT2D eigenvalue weighted by molar-refractivity contribution is 5.51. The fourth-order valence-electron chi connectivity index (χ4n) is 0.257. The van der Waals surface area contributed by atoms with Gasteiger partial charge in [0, 0.05) is 12.4 Å². The molecule has 0 fully saturated rings. The Balaban J connectivity index is -0.000000175. The predicted octanol–water partition coefficient (Wildman–Crippen LogP) is 0.843. The van der Waals surface area contributed by atoms with Gasteiger partial charge < -0.3 is 15.5 Å². The number of nitrogens with zero attached hydrogens (tertiary/aromatic N) is 1. The summed E-state index contributed by atoms with van der Waals surface area (Å²) in [5, 5.41) is 1.19. The van der Waals surface area contributed by atoms with Crippen LogP contribution in [0, 0.1) is 0 Å². The van der Waals surface area contributed by atoms with Crippen LogP contribution in [-0.4, -0.2) is 17.8 Å². The summed E-state index contributed by atoms with van der Waals surface area (Å²) >= 11 is 0. The van der Waals surface area contributed by atoms with Gasteiger partial charge in [0.05, 0.1) is 6.54 Å². The first-order chi connectivity index (χ1) is 5.81. The molecule has 4 nitrogen and oxygen atoms in total. The molecule has 0 amide bonds. The molecule has 74 valence electrons. The van der Waals surface area contributed by atoms with E-state index in [1.807, 2.05) is 27.7 Å². The zero-order valence-corrected chi connectivity index (χ0v) is 8.45. The highest BCUT2D eigenvalue weighted by atomic mass is 16.1. The van der Waals surface area contributed by atoms with Gasteiger partial charge in [-0.2, -0.15) is 0 Å². The standard InChI is InChI=1S/C4H9N3O.2C2H6/c5-1-2-7(6)3-4-8;2*1-2/h1-2,4H,3,5-6H2;2*1-2H3/b2-1-;;. The highest BCUT2D eigenvalue weighted by Gasteiger charge is 1.83. The van der Waals surface area contributed by atoms with Crippen LogP contribution in [0.5, 0.6) is 0 Å². The van der Waals surface area contributed by atoms with Crippen LogP contribution in [0.15, 0.2) is 12.4 Å². The van der Waals surface area contributed by atoms with Crippen molar-refractivity contribution in [3.63, 3.8) is 0 Å². The van der Waals surface area contributed by atoms with E-state index < -0.39 is 0 Å². The third kappa shape index (κ3) is 23.1. The first kappa shape index (κ1) is 17.2. The van der Waals surface area contributed by atoms with Crippen molar-refractivity contribution in [1.82, 2.24) is 5.01 Å². The van der Waals surface area contributed by atoms with E-state index in [4.69, 9.17) is 11.6 Å². The lowest BCUT2D eigenvalue weighted by molar-refractivity contribution is -0.108. The molecule has 0 aliphatic rings. The molecule has 0 aromatic carbocycles. The highest BCUT2D eigenvalue weighted by Crippen LogP contribution is 1.70. The van der Waals surface area contributed by atoms with Crippen LogP contribution >= 0.6 is 0 Å². The maximum absolute atomic E-state index is 9.69. The molecule has 0 atom stereocenters. The second-order valence-corrected chi connectivity index (χ2v) is 1.20. The predicted molar refractivity (Wildman–Crippen MR) is 53.0 cm³/mol. The van der Waals surface area contributed by atoms with Gasteiger partial charge in [0.15, 0.2) is 0 Å². The smallest absolute Gasteiger partial charge is 0.140 e. The van der Waals surface area contributed by atoms with E-state index in [0.29, 0.717) is 6.29 Å². The number of carbonyl (C=O) groups is 1. The number of hydrogen-bond donors (Lipinski definition) is 2. The lowest BCUT2D eigenvalue weighted by atomic mass is 10.7. The van der Waals surface area contributed by atoms with Crippen LogP contribution < -0.4 is 11.6 Å². The minimum absolute atomic E-state index is 0.174. The average molecular weight is 175 g/mol. The molecular weight excluding hydrogens is 154 g/mol. The Morgan fingerprint density at radius 1 is 1.25 bits per heavy atom. The minimum Gasteiger partial charge on any atom is -0.403 e. The minimum atomic E-state index is 0.174.